The summed E-state index contributed by atoms with van der Waals surface area (Å²) in [5.74, 6) is -0.934. The average Bonchev–Trinajstić information content (AvgIpc) is 2.43. The second-order valence-electron chi connectivity index (χ2n) is 4.98. The first kappa shape index (κ1) is 13.9. The number of benzene rings is 1. The molecule has 0 atom stereocenters. The van der Waals surface area contributed by atoms with Crippen molar-refractivity contribution in [2.75, 3.05) is 0 Å². The van der Waals surface area contributed by atoms with Crippen LogP contribution in [0.5, 0.6) is 0 Å². The molecule has 5 heteroatoms. The van der Waals surface area contributed by atoms with Crippen molar-refractivity contribution in [3.05, 3.63) is 29.8 Å². The second kappa shape index (κ2) is 6.61. The van der Waals surface area contributed by atoms with Crippen LogP contribution in [0.2, 0.25) is 0 Å². The van der Waals surface area contributed by atoms with Crippen molar-refractivity contribution in [3.8, 4) is 0 Å². The number of hydroxylamine groups is 1. The van der Waals surface area contributed by atoms with Crippen LogP contribution in [-0.4, -0.2) is 11.0 Å². The van der Waals surface area contributed by atoms with E-state index in [4.69, 9.17) is 5.21 Å². The van der Waals surface area contributed by atoms with E-state index < -0.39 is 11.6 Å². The maximum atomic E-state index is 13.1. The van der Waals surface area contributed by atoms with Crippen molar-refractivity contribution < 1.29 is 14.0 Å². The molecule has 0 spiro atoms. The summed E-state index contributed by atoms with van der Waals surface area (Å²) in [6.45, 7) is 0. The highest BCUT2D eigenvalue weighted by molar-refractivity contribution is 5.83. The number of amidine groups is 1. The van der Waals surface area contributed by atoms with Gasteiger partial charge in [-0.05, 0) is 18.1 Å². The predicted molar refractivity (Wildman–Crippen MR) is 69.6 cm³/mol. The Morgan fingerprint density at radius 3 is 2.58 bits per heavy atom. The zero-order valence-corrected chi connectivity index (χ0v) is 10.7. The molecular formula is C14H18F2N2O. The topological polar surface area (TPSA) is 44.6 Å². The van der Waals surface area contributed by atoms with Crippen molar-refractivity contribution in [2.45, 2.75) is 38.5 Å². The summed E-state index contributed by atoms with van der Waals surface area (Å²) >= 11 is 0. The SMILES string of the molecule is ONC(CC1CCCCC1)=Nc1ccc(F)c(F)c1. The maximum Gasteiger partial charge on any atom is 0.160 e. The van der Waals surface area contributed by atoms with Gasteiger partial charge < -0.3 is 0 Å². The van der Waals surface area contributed by atoms with Gasteiger partial charge >= 0.3 is 0 Å². The molecule has 0 radical (unpaired) electrons. The van der Waals surface area contributed by atoms with Crippen LogP contribution in [0, 0.1) is 17.6 Å². The second-order valence-corrected chi connectivity index (χ2v) is 4.98. The largest absolute Gasteiger partial charge is 0.290 e. The van der Waals surface area contributed by atoms with Gasteiger partial charge in [0.1, 0.15) is 5.84 Å². The van der Waals surface area contributed by atoms with Crippen LogP contribution in [0.4, 0.5) is 14.5 Å². The van der Waals surface area contributed by atoms with Crippen molar-refractivity contribution in [1.82, 2.24) is 5.48 Å². The Labute approximate surface area is 111 Å². The lowest BCUT2D eigenvalue weighted by Gasteiger charge is -2.21. The summed E-state index contributed by atoms with van der Waals surface area (Å²) in [6.07, 6.45) is 6.55. The third kappa shape index (κ3) is 3.99. The first-order chi connectivity index (χ1) is 9.19. The molecule has 0 amide bonds. The van der Waals surface area contributed by atoms with E-state index in [1.54, 1.807) is 0 Å². The van der Waals surface area contributed by atoms with E-state index in [2.05, 4.69) is 10.5 Å². The van der Waals surface area contributed by atoms with Crippen molar-refractivity contribution in [2.24, 2.45) is 10.9 Å². The van der Waals surface area contributed by atoms with Crippen LogP contribution in [0.15, 0.2) is 23.2 Å². The molecule has 0 heterocycles. The smallest absolute Gasteiger partial charge is 0.160 e. The fraction of sp³-hybridized carbons (Fsp3) is 0.500. The Kier molecular flexibility index (Phi) is 4.85. The molecule has 3 nitrogen and oxygen atoms in total. The van der Waals surface area contributed by atoms with Gasteiger partial charge in [-0.3, -0.25) is 10.7 Å². The van der Waals surface area contributed by atoms with E-state index in [1.807, 2.05) is 0 Å². The van der Waals surface area contributed by atoms with Gasteiger partial charge in [-0.2, -0.15) is 0 Å². The number of halogens is 2. The Morgan fingerprint density at radius 2 is 1.95 bits per heavy atom. The number of rotatable bonds is 3. The highest BCUT2D eigenvalue weighted by Gasteiger charge is 2.16. The van der Waals surface area contributed by atoms with Gasteiger partial charge in [-0.1, -0.05) is 32.1 Å². The normalized spacial score (nSPS) is 17.5. The molecule has 0 saturated heterocycles. The summed E-state index contributed by atoms with van der Waals surface area (Å²) in [7, 11) is 0. The lowest BCUT2D eigenvalue weighted by molar-refractivity contribution is 0.227. The number of nitrogens with zero attached hydrogens (tertiary/aromatic N) is 1. The molecule has 2 rings (SSSR count). The van der Waals surface area contributed by atoms with E-state index in [0.29, 0.717) is 23.9 Å². The van der Waals surface area contributed by atoms with E-state index >= 15 is 0 Å². The van der Waals surface area contributed by atoms with Crippen LogP contribution in [0.3, 0.4) is 0 Å². The lowest BCUT2D eigenvalue weighted by Crippen LogP contribution is -2.23. The van der Waals surface area contributed by atoms with Gasteiger partial charge in [-0.25, -0.2) is 13.8 Å². The van der Waals surface area contributed by atoms with E-state index in [9.17, 15) is 8.78 Å². The molecule has 0 unspecified atom stereocenters. The monoisotopic (exact) mass is 268 g/mol. The molecule has 1 aromatic carbocycles. The van der Waals surface area contributed by atoms with Crippen molar-refractivity contribution in [1.29, 1.82) is 0 Å². The van der Waals surface area contributed by atoms with Gasteiger partial charge in [0.25, 0.3) is 0 Å². The van der Waals surface area contributed by atoms with E-state index in [-0.39, 0.29) is 0 Å². The third-order valence-electron chi connectivity index (χ3n) is 3.50. The zero-order valence-electron chi connectivity index (χ0n) is 10.7. The Bertz CT molecular complexity index is 457. The number of nitrogens with one attached hydrogen (secondary N) is 1. The number of hydrogen-bond acceptors (Lipinski definition) is 2. The average molecular weight is 268 g/mol. The first-order valence-corrected chi connectivity index (χ1v) is 6.62. The molecule has 1 aliphatic rings. The Morgan fingerprint density at radius 1 is 1.21 bits per heavy atom. The molecule has 1 aliphatic carbocycles. The van der Waals surface area contributed by atoms with Gasteiger partial charge in [-0.15, -0.1) is 0 Å². The lowest BCUT2D eigenvalue weighted by atomic mass is 9.87. The molecule has 104 valence electrons. The highest BCUT2D eigenvalue weighted by Crippen LogP contribution is 2.27. The van der Waals surface area contributed by atoms with Gasteiger partial charge in [0.05, 0.1) is 5.69 Å². The number of aliphatic imine (C=N–C) groups is 1. The van der Waals surface area contributed by atoms with Gasteiger partial charge in [0.15, 0.2) is 11.6 Å². The molecule has 0 aromatic heterocycles. The standard InChI is InChI=1S/C14H18F2N2O/c15-12-7-6-11(9-13(12)16)17-14(18-19)8-10-4-2-1-3-5-10/h6-7,9-10,19H,1-5,8H2,(H,17,18). The van der Waals surface area contributed by atoms with Crippen LogP contribution in [0.1, 0.15) is 38.5 Å². The van der Waals surface area contributed by atoms with Crippen LogP contribution in [0.25, 0.3) is 0 Å². The number of hydrogen-bond donors (Lipinski definition) is 2. The van der Waals surface area contributed by atoms with Crippen molar-refractivity contribution >= 4 is 11.5 Å². The minimum Gasteiger partial charge on any atom is -0.290 e. The zero-order chi connectivity index (χ0) is 13.7. The Balaban J connectivity index is 2.06. The molecule has 1 aromatic rings. The molecule has 1 saturated carbocycles. The summed E-state index contributed by atoms with van der Waals surface area (Å²) < 4.78 is 25.9. The van der Waals surface area contributed by atoms with Crippen LogP contribution >= 0.6 is 0 Å². The molecule has 0 aliphatic heterocycles. The van der Waals surface area contributed by atoms with Crippen molar-refractivity contribution in [3.63, 3.8) is 0 Å². The first-order valence-electron chi connectivity index (χ1n) is 6.62. The molecular weight excluding hydrogens is 250 g/mol. The molecule has 1 fully saturated rings. The summed E-state index contributed by atoms with van der Waals surface area (Å²) in [6, 6.07) is 3.44. The summed E-state index contributed by atoms with van der Waals surface area (Å²) in [4.78, 5) is 4.12. The summed E-state index contributed by atoms with van der Waals surface area (Å²) in [5.41, 5.74) is 2.36. The molecule has 2 N–H and O–H groups in total. The van der Waals surface area contributed by atoms with Crippen LogP contribution in [-0.2, 0) is 0 Å². The van der Waals surface area contributed by atoms with Crippen LogP contribution < -0.4 is 5.48 Å². The molecule has 0 bridgehead atoms. The van der Waals surface area contributed by atoms with Gasteiger partial charge in [0, 0.05) is 12.5 Å². The van der Waals surface area contributed by atoms with Gasteiger partial charge in [0.2, 0.25) is 0 Å². The fourth-order valence-electron chi connectivity index (χ4n) is 2.49. The van der Waals surface area contributed by atoms with E-state index in [0.717, 1.165) is 25.0 Å². The Hall–Kier alpha value is -1.49. The quantitative estimate of drug-likeness (QED) is 0.495. The van der Waals surface area contributed by atoms with E-state index in [1.165, 1.54) is 25.3 Å². The fourth-order valence-corrected chi connectivity index (χ4v) is 2.49. The predicted octanol–water partition coefficient (Wildman–Crippen LogP) is 3.94. The molecule has 19 heavy (non-hydrogen) atoms. The highest BCUT2D eigenvalue weighted by atomic mass is 19.2. The summed E-state index contributed by atoms with van der Waals surface area (Å²) in [5, 5.41) is 9.09. The maximum absolute atomic E-state index is 13.1. The minimum absolute atomic E-state index is 0.297. The third-order valence-corrected chi connectivity index (χ3v) is 3.50. The minimum atomic E-state index is -0.934.